The van der Waals surface area contributed by atoms with E-state index in [1.54, 1.807) is 11.3 Å². The molecule has 0 radical (unpaired) electrons. The number of hydrogen-bond acceptors (Lipinski definition) is 3. The van der Waals surface area contributed by atoms with E-state index in [9.17, 15) is 0 Å². The Morgan fingerprint density at radius 2 is 2.28 bits per heavy atom. The van der Waals surface area contributed by atoms with E-state index < -0.39 is 0 Å². The Labute approximate surface area is 111 Å². The van der Waals surface area contributed by atoms with E-state index in [4.69, 9.17) is 5.10 Å². The average molecular weight is 259 g/mol. The molecule has 1 aliphatic heterocycles. The van der Waals surface area contributed by atoms with Crippen LogP contribution in [0, 0.1) is 12.8 Å². The Hall–Kier alpha value is -1.29. The highest BCUT2D eigenvalue weighted by atomic mass is 32.1. The number of anilines is 1. The molecule has 1 fully saturated rings. The number of thiophene rings is 1. The lowest BCUT2D eigenvalue weighted by Gasteiger charge is -2.25. The van der Waals surface area contributed by atoms with Crippen molar-refractivity contribution in [3.8, 4) is 10.6 Å². The summed E-state index contributed by atoms with van der Waals surface area (Å²) in [5.74, 6) is 2.09. The topological polar surface area (TPSA) is 29.9 Å². The molecule has 1 atom stereocenters. The number of hydrogen-bond donors (Lipinski definition) is 1. The zero-order valence-corrected chi connectivity index (χ0v) is 11.3. The zero-order chi connectivity index (χ0) is 12.1. The van der Waals surface area contributed by atoms with Crippen LogP contribution in [0.4, 0.5) is 5.82 Å². The molecule has 0 saturated heterocycles. The van der Waals surface area contributed by atoms with E-state index in [1.165, 1.54) is 35.5 Å². The summed E-state index contributed by atoms with van der Waals surface area (Å²) in [7, 11) is 0. The molecule has 1 aliphatic carbocycles. The van der Waals surface area contributed by atoms with Gasteiger partial charge in [-0.3, -0.25) is 0 Å². The highest BCUT2D eigenvalue weighted by Crippen LogP contribution is 2.44. The first kappa shape index (κ1) is 10.6. The fourth-order valence-electron chi connectivity index (χ4n) is 2.91. The van der Waals surface area contributed by atoms with Gasteiger partial charge in [-0.25, -0.2) is 4.68 Å². The van der Waals surface area contributed by atoms with Gasteiger partial charge in [0.25, 0.3) is 0 Å². The Morgan fingerprint density at radius 3 is 3.00 bits per heavy atom. The van der Waals surface area contributed by atoms with E-state index >= 15 is 0 Å². The number of nitrogens with zero attached hydrogens (tertiary/aromatic N) is 2. The molecule has 94 valence electrons. The highest BCUT2D eigenvalue weighted by Gasteiger charge is 2.35. The second-order valence-corrected chi connectivity index (χ2v) is 6.33. The molecule has 0 aromatic carbocycles. The first-order chi connectivity index (χ1) is 8.83. The summed E-state index contributed by atoms with van der Waals surface area (Å²) in [6, 6.07) is 5.02. The molecule has 4 heteroatoms. The minimum absolute atomic E-state index is 0.635. The molecule has 3 nitrogen and oxygen atoms in total. The van der Waals surface area contributed by atoms with Gasteiger partial charge in [-0.1, -0.05) is 0 Å². The van der Waals surface area contributed by atoms with Crippen LogP contribution in [0.3, 0.4) is 0 Å². The predicted octanol–water partition coefficient (Wildman–Crippen LogP) is 3.69. The predicted molar refractivity (Wildman–Crippen MR) is 75.1 cm³/mol. The summed E-state index contributed by atoms with van der Waals surface area (Å²) in [6.07, 6.45) is 4.00. The first-order valence-corrected chi connectivity index (χ1v) is 7.59. The van der Waals surface area contributed by atoms with E-state index in [2.05, 4.69) is 34.4 Å². The fourth-order valence-corrected chi connectivity index (χ4v) is 3.79. The van der Waals surface area contributed by atoms with Gasteiger partial charge in [-0.05, 0) is 49.1 Å². The van der Waals surface area contributed by atoms with Crippen LogP contribution in [0.5, 0.6) is 0 Å². The second kappa shape index (κ2) is 3.85. The smallest absolute Gasteiger partial charge is 0.125 e. The molecule has 2 aliphatic rings. The standard InChI is InChI=1S/C14H17N3S/c1-9-5-7-18-14(9)11-8-13-15-6-4-12(10-2-3-10)17(13)16-11/h5,7-8,10,12,15H,2-4,6H2,1H3. The normalized spacial score (nSPS) is 22.6. The molecular formula is C14H17N3S. The van der Waals surface area contributed by atoms with Gasteiger partial charge >= 0.3 is 0 Å². The van der Waals surface area contributed by atoms with E-state index in [1.807, 2.05) is 0 Å². The molecule has 1 N–H and O–H groups in total. The third kappa shape index (κ3) is 1.59. The summed E-state index contributed by atoms with van der Waals surface area (Å²) < 4.78 is 2.25. The molecule has 4 rings (SSSR count). The van der Waals surface area contributed by atoms with Crippen LogP contribution in [0.1, 0.15) is 30.9 Å². The second-order valence-electron chi connectivity index (χ2n) is 5.41. The van der Waals surface area contributed by atoms with Crippen molar-refractivity contribution in [2.24, 2.45) is 5.92 Å². The van der Waals surface area contributed by atoms with Crippen molar-refractivity contribution in [3.05, 3.63) is 23.1 Å². The Balaban J connectivity index is 1.77. The molecule has 0 spiro atoms. The molecule has 1 unspecified atom stereocenters. The van der Waals surface area contributed by atoms with Gasteiger partial charge in [0.05, 0.1) is 10.9 Å². The van der Waals surface area contributed by atoms with Crippen LogP contribution >= 0.6 is 11.3 Å². The average Bonchev–Trinajstić information content (AvgIpc) is 2.98. The van der Waals surface area contributed by atoms with E-state index in [0.717, 1.165) is 18.2 Å². The summed E-state index contributed by atoms with van der Waals surface area (Å²) >= 11 is 1.79. The monoisotopic (exact) mass is 259 g/mol. The molecule has 1 saturated carbocycles. The lowest BCUT2D eigenvalue weighted by Crippen LogP contribution is -2.24. The maximum absolute atomic E-state index is 4.86. The van der Waals surface area contributed by atoms with Crippen LogP contribution in [-0.4, -0.2) is 16.3 Å². The van der Waals surface area contributed by atoms with Crippen LogP contribution in [-0.2, 0) is 0 Å². The third-order valence-corrected chi connectivity index (χ3v) is 5.10. The van der Waals surface area contributed by atoms with Crippen molar-refractivity contribution in [1.82, 2.24) is 9.78 Å². The number of rotatable bonds is 2. The summed E-state index contributed by atoms with van der Waals surface area (Å²) in [5, 5.41) is 10.5. The SMILES string of the molecule is Cc1ccsc1-c1cc2n(n1)C(C1CC1)CCN2. The van der Waals surface area contributed by atoms with Crippen molar-refractivity contribution in [1.29, 1.82) is 0 Å². The van der Waals surface area contributed by atoms with Crippen molar-refractivity contribution >= 4 is 17.2 Å². The molecule has 2 aromatic heterocycles. The Morgan fingerprint density at radius 1 is 1.39 bits per heavy atom. The van der Waals surface area contributed by atoms with Crippen molar-refractivity contribution < 1.29 is 0 Å². The van der Waals surface area contributed by atoms with Crippen LogP contribution in [0.2, 0.25) is 0 Å². The van der Waals surface area contributed by atoms with Crippen molar-refractivity contribution in [2.45, 2.75) is 32.2 Å². The van der Waals surface area contributed by atoms with Crippen molar-refractivity contribution in [3.63, 3.8) is 0 Å². The Kier molecular flexibility index (Phi) is 2.27. The van der Waals surface area contributed by atoms with E-state index in [0.29, 0.717) is 6.04 Å². The van der Waals surface area contributed by atoms with Gasteiger partial charge < -0.3 is 5.32 Å². The van der Waals surface area contributed by atoms with Gasteiger partial charge in [0, 0.05) is 12.6 Å². The summed E-state index contributed by atoms with van der Waals surface area (Å²) in [5.41, 5.74) is 2.47. The quantitative estimate of drug-likeness (QED) is 0.891. The van der Waals surface area contributed by atoms with Gasteiger partial charge in [-0.2, -0.15) is 5.10 Å². The number of fused-ring (bicyclic) bond motifs is 1. The lowest BCUT2D eigenvalue weighted by atomic mass is 10.1. The molecule has 18 heavy (non-hydrogen) atoms. The van der Waals surface area contributed by atoms with Gasteiger partial charge in [-0.15, -0.1) is 11.3 Å². The molecule has 2 aromatic rings. The number of aryl methyl sites for hydroxylation is 1. The maximum atomic E-state index is 4.86. The number of nitrogens with one attached hydrogen (secondary N) is 1. The number of aromatic nitrogens is 2. The minimum atomic E-state index is 0.635. The third-order valence-electron chi connectivity index (χ3n) is 4.06. The summed E-state index contributed by atoms with van der Waals surface area (Å²) in [6.45, 7) is 3.26. The molecule has 3 heterocycles. The maximum Gasteiger partial charge on any atom is 0.125 e. The van der Waals surface area contributed by atoms with E-state index in [-0.39, 0.29) is 0 Å². The first-order valence-electron chi connectivity index (χ1n) is 6.71. The minimum Gasteiger partial charge on any atom is -0.370 e. The molecule has 0 bridgehead atoms. The largest absolute Gasteiger partial charge is 0.370 e. The van der Waals surface area contributed by atoms with Gasteiger partial charge in [0.1, 0.15) is 11.5 Å². The molecular weight excluding hydrogens is 242 g/mol. The van der Waals surface area contributed by atoms with Gasteiger partial charge in [0.2, 0.25) is 0 Å². The van der Waals surface area contributed by atoms with Crippen LogP contribution in [0.15, 0.2) is 17.5 Å². The zero-order valence-electron chi connectivity index (χ0n) is 10.5. The van der Waals surface area contributed by atoms with Crippen LogP contribution in [0.25, 0.3) is 10.6 Å². The Bertz CT molecular complexity index is 580. The highest BCUT2D eigenvalue weighted by molar-refractivity contribution is 7.13. The van der Waals surface area contributed by atoms with Crippen LogP contribution < -0.4 is 5.32 Å². The fraction of sp³-hybridized carbons (Fsp3) is 0.500. The summed E-state index contributed by atoms with van der Waals surface area (Å²) in [4.78, 5) is 1.31. The van der Waals surface area contributed by atoms with Crippen molar-refractivity contribution in [2.75, 3.05) is 11.9 Å². The van der Waals surface area contributed by atoms with Gasteiger partial charge in [0.15, 0.2) is 0 Å². The molecule has 0 amide bonds. The lowest BCUT2D eigenvalue weighted by molar-refractivity contribution is 0.376.